The summed E-state index contributed by atoms with van der Waals surface area (Å²) in [6.07, 6.45) is 1.92. The summed E-state index contributed by atoms with van der Waals surface area (Å²) in [6.45, 7) is 29.5. The van der Waals surface area contributed by atoms with Crippen molar-refractivity contribution in [3.8, 4) is 23.0 Å². The van der Waals surface area contributed by atoms with E-state index in [0.717, 1.165) is 67.1 Å². The summed E-state index contributed by atoms with van der Waals surface area (Å²) < 4.78 is 11.5. The zero-order valence-electron chi connectivity index (χ0n) is 43.0. The first-order valence-electron chi connectivity index (χ1n) is 24.6. The largest absolute Gasteiger partial charge is 0.509 e. The van der Waals surface area contributed by atoms with Crippen LogP contribution in [0.1, 0.15) is 105 Å². The fourth-order valence-corrected chi connectivity index (χ4v) is 10.0. The number of rotatable bonds is 6. The SMILES string of the molecule is CC(C)(C)c1cc(N2[CH-]N(c3[c-]c(Oc4[c-]c5c(cc4)c4cc(C(C)(C)C)ccc4n5-c4cc(C(C)(C)C)ccn4)ccc3)c3cccc(-n4c5ccccc5c5ccccc54)c32)cc(C(C)(C)C)c1.[Pt]. The van der Waals surface area contributed by atoms with E-state index >= 15 is 0 Å². The molecule has 0 fully saturated rings. The van der Waals surface area contributed by atoms with Crippen LogP contribution in [0.3, 0.4) is 0 Å². The zero-order chi connectivity index (χ0) is 49.1. The monoisotopic (exact) mass is 1110 g/mol. The fourth-order valence-electron chi connectivity index (χ4n) is 10.0. The predicted octanol–water partition coefficient (Wildman–Crippen LogP) is 17.3. The summed E-state index contributed by atoms with van der Waals surface area (Å²) in [5, 5.41) is 4.71. The first-order valence-corrected chi connectivity index (χ1v) is 24.6. The van der Waals surface area contributed by atoms with Gasteiger partial charge in [0, 0.05) is 66.4 Å². The topological polar surface area (TPSA) is 38.5 Å². The number of pyridine rings is 1. The quantitative estimate of drug-likeness (QED) is 0.156. The van der Waals surface area contributed by atoms with Gasteiger partial charge < -0.3 is 23.7 Å². The number of para-hydroxylation sites is 3. The van der Waals surface area contributed by atoms with Gasteiger partial charge in [0.15, 0.2) is 0 Å². The van der Waals surface area contributed by atoms with Crippen LogP contribution in [-0.4, -0.2) is 14.1 Å². The maximum Gasteiger partial charge on any atom is 0.135 e. The number of aromatic nitrogens is 3. The molecule has 0 spiro atoms. The molecule has 0 atom stereocenters. The molecule has 7 heteroatoms. The third-order valence-corrected chi connectivity index (χ3v) is 14.1. The second-order valence-corrected chi connectivity index (χ2v) is 23.2. The van der Waals surface area contributed by atoms with E-state index in [-0.39, 0.29) is 42.7 Å². The molecule has 7 aromatic carbocycles. The third kappa shape index (κ3) is 8.52. The molecule has 0 N–H and O–H groups in total. The minimum absolute atomic E-state index is 0. The Kier molecular flexibility index (Phi) is 11.7. The summed E-state index contributed by atoms with van der Waals surface area (Å²) in [5.41, 5.74) is 14.4. The van der Waals surface area contributed by atoms with E-state index < -0.39 is 0 Å². The number of nitrogens with zero attached hydrogens (tertiary/aromatic N) is 5. The standard InChI is InChI=1S/C64H62N5O.Pt/c1-61(2,3)41-27-30-55-52(36-41)51-29-28-48(39-58(51)69(55)59-37-42(31-32-65-59)62(4,5)6)70-47-20-17-19-45(38-47)66-40-67(46-34-43(63(7,8)9)33-44(35-46)64(10,11)12)60-56(66)25-18-26-57(60)68-53-23-15-13-21-49(53)50-22-14-16-24-54(50)68;/h13-37,40H,1-12H3;/q-3;. The molecule has 0 amide bonds. The Morgan fingerprint density at radius 1 is 0.451 bits per heavy atom. The van der Waals surface area contributed by atoms with Crippen molar-refractivity contribution in [2.75, 3.05) is 9.80 Å². The summed E-state index contributed by atoms with van der Waals surface area (Å²) in [4.78, 5) is 9.59. The molecule has 11 rings (SSSR count). The van der Waals surface area contributed by atoms with Crippen molar-refractivity contribution >= 4 is 66.4 Å². The normalized spacial score (nSPS) is 13.4. The Balaban J connectivity index is 0.00000582. The van der Waals surface area contributed by atoms with Crippen LogP contribution in [0.4, 0.5) is 22.7 Å². The first-order chi connectivity index (χ1) is 33.2. The molecule has 4 heterocycles. The van der Waals surface area contributed by atoms with Crippen LogP contribution in [0, 0.1) is 18.8 Å². The summed E-state index contributed by atoms with van der Waals surface area (Å²) in [5.74, 6) is 2.05. The van der Waals surface area contributed by atoms with E-state index in [1.807, 2.05) is 18.3 Å². The molecule has 1 aliphatic heterocycles. The van der Waals surface area contributed by atoms with Gasteiger partial charge in [-0.15, -0.1) is 48.1 Å². The van der Waals surface area contributed by atoms with E-state index in [0.29, 0.717) is 11.5 Å². The average Bonchev–Trinajstić information content (AvgIpc) is 3.98. The third-order valence-electron chi connectivity index (χ3n) is 14.1. The number of hydrogen-bond acceptors (Lipinski definition) is 4. The number of benzene rings is 7. The maximum atomic E-state index is 6.81. The van der Waals surface area contributed by atoms with Gasteiger partial charge >= 0.3 is 0 Å². The fraction of sp³-hybridized carbons (Fsp3) is 0.250. The molecule has 0 bridgehead atoms. The van der Waals surface area contributed by atoms with Crippen molar-refractivity contribution in [1.82, 2.24) is 14.1 Å². The minimum atomic E-state index is -0.0687. The number of ether oxygens (including phenoxy) is 1. The molecule has 1 aliphatic rings. The molecule has 71 heavy (non-hydrogen) atoms. The van der Waals surface area contributed by atoms with Crippen molar-refractivity contribution in [3.63, 3.8) is 0 Å². The molecule has 0 aliphatic carbocycles. The van der Waals surface area contributed by atoms with Crippen molar-refractivity contribution in [1.29, 1.82) is 0 Å². The van der Waals surface area contributed by atoms with Gasteiger partial charge in [-0.2, -0.15) is 12.1 Å². The molecule has 0 saturated heterocycles. The molecule has 362 valence electrons. The van der Waals surface area contributed by atoms with Gasteiger partial charge in [-0.1, -0.05) is 149 Å². The number of anilines is 4. The van der Waals surface area contributed by atoms with Crippen LogP contribution >= 0.6 is 0 Å². The van der Waals surface area contributed by atoms with E-state index in [2.05, 4.69) is 254 Å². The van der Waals surface area contributed by atoms with Gasteiger partial charge in [0.2, 0.25) is 0 Å². The zero-order valence-corrected chi connectivity index (χ0v) is 45.2. The van der Waals surface area contributed by atoms with Gasteiger partial charge in [-0.25, -0.2) is 4.98 Å². The Morgan fingerprint density at radius 3 is 1.68 bits per heavy atom. The summed E-state index contributed by atoms with van der Waals surface area (Å²) in [7, 11) is 0. The Labute approximate surface area is 434 Å². The smallest absolute Gasteiger partial charge is 0.135 e. The molecule has 10 aromatic rings. The van der Waals surface area contributed by atoms with Crippen molar-refractivity contribution in [2.45, 2.75) is 105 Å². The summed E-state index contributed by atoms with van der Waals surface area (Å²) >= 11 is 0. The van der Waals surface area contributed by atoms with Gasteiger partial charge in [0.25, 0.3) is 0 Å². The molecular formula is C64H62N5OPt-3. The summed E-state index contributed by atoms with van der Waals surface area (Å²) in [6, 6.07) is 60.1. The van der Waals surface area contributed by atoms with Crippen LogP contribution in [0.25, 0.3) is 55.1 Å². The van der Waals surface area contributed by atoms with Gasteiger partial charge in [0.05, 0.1) is 22.4 Å². The maximum absolute atomic E-state index is 6.81. The van der Waals surface area contributed by atoms with Crippen LogP contribution in [0.5, 0.6) is 11.5 Å². The van der Waals surface area contributed by atoms with Crippen LogP contribution in [0.2, 0.25) is 0 Å². The Bertz CT molecular complexity index is 3590. The molecule has 3 aromatic heterocycles. The van der Waals surface area contributed by atoms with Crippen LogP contribution in [0.15, 0.2) is 152 Å². The number of hydrogen-bond donors (Lipinski definition) is 0. The van der Waals surface area contributed by atoms with Crippen molar-refractivity contribution < 1.29 is 25.8 Å². The Hall–Kier alpha value is -6.62. The van der Waals surface area contributed by atoms with E-state index in [4.69, 9.17) is 9.72 Å². The molecule has 6 nitrogen and oxygen atoms in total. The van der Waals surface area contributed by atoms with E-state index in [1.165, 1.54) is 33.0 Å². The molecule has 0 saturated carbocycles. The van der Waals surface area contributed by atoms with Crippen molar-refractivity contribution in [3.05, 3.63) is 193 Å². The van der Waals surface area contributed by atoms with Gasteiger partial charge in [-0.3, -0.25) is 0 Å². The molecular weight excluding hydrogens is 1050 g/mol. The molecule has 0 radical (unpaired) electrons. The van der Waals surface area contributed by atoms with E-state index in [1.54, 1.807) is 0 Å². The average molecular weight is 1110 g/mol. The Morgan fingerprint density at radius 2 is 1.03 bits per heavy atom. The van der Waals surface area contributed by atoms with E-state index in [9.17, 15) is 0 Å². The van der Waals surface area contributed by atoms with Crippen LogP contribution < -0.4 is 14.5 Å². The predicted molar refractivity (Wildman–Crippen MR) is 293 cm³/mol. The van der Waals surface area contributed by atoms with Crippen molar-refractivity contribution in [2.24, 2.45) is 0 Å². The second kappa shape index (κ2) is 17.3. The van der Waals surface area contributed by atoms with Gasteiger partial charge in [0.1, 0.15) is 5.82 Å². The molecule has 0 unspecified atom stereocenters. The van der Waals surface area contributed by atoms with Gasteiger partial charge in [-0.05, 0) is 104 Å². The second-order valence-electron chi connectivity index (χ2n) is 23.2. The number of fused-ring (bicyclic) bond motifs is 7. The van der Waals surface area contributed by atoms with Crippen LogP contribution in [-0.2, 0) is 42.7 Å². The first kappa shape index (κ1) is 48.0. The minimum Gasteiger partial charge on any atom is -0.509 e.